The van der Waals surface area contributed by atoms with E-state index in [0.29, 0.717) is 0 Å². The van der Waals surface area contributed by atoms with Crippen LogP contribution in [0.4, 0.5) is 0 Å². The quantitative estimate of drug-likeness (QED) is 0.169. The van der Waals surface area contributed by atoms with E-state index < -0.39 is 0 Å². The molecule has 0 bridgehead atoms. The van der Waals surface area contributed by atoms with Gasteiger partial charge in [-0.05, 0) is 58.2 Å². The molecule has 0 amide bonds. The molecule has 0 saturated heterocycles. The molecule has 0 saturated carbocycles. The van der Waals surface area contributed by atoms with Crippen LogP contribution in [0.3, 0.4) is 0 Å². The maximum Gasteiger partial charge on any atom is 0.162 e. The summed E-state index contributed by atoms with van der Waals surface area (Å²) in [5.41, 5.74) is 15.8. The number of para-hydroxylation sites is 3. The summed E-state index contributed by atoms with van der Waals surface area (Å²) >= 11 is 0. The lowest BCUT2D eigenvalue weighted by Gasteiger charge is -2.34. The zero-order valence-corrected chi connectivity index (χ0v) is 33.3. The molecule has 288 valence electrons. The molecule has 5 heteroatoms. The van der Waals surface area contributed by atoms with Gasteiger partial charge in [0.2, 0.25) is 0 Å². The van der Waals surface area contributed by atoms with E-state index in [9.17, 15) is 0 Å². The topological polar surface area (TPSA) is 54.8 Å². The highest BCUT2D eigenvalue weighted by Gasteiger charge is 2.26. The second kappa shape index (κ2) is 14.1. The van der Waals surface area contributed by atoms with Gasteiger partial charge in [-0.25, -0.2) is 4.98 Å². The maximum atomic E-state index is 6.70. The monoisotopic (exact) mass is 783 g/mol. The van der Waals surface area contributed by atoms with Crippen LogP contribution < -0.4 is 0 Å². The molecule has 1 aliphatic rings. The molecule has 0 fully saturated rings. The normalized spacial score (nSPS) is 14.3. The van der Waals surface area contributed by atoms with Gasteiger partial charge in [-0.15, -0.1) is 0 Å². The van der Waals surface area contributed by atoms with E-state index in [1.165, 1.54) is 0 Å². The lowest BCUT2D eigenvalue weighted by atomic mass is 9.95. The number of pyridine rings is 1. The Kier molecular flexibility index (Phi) is 8.07. The zero-order valence-electron chi connectivity index (χ0n) is 33.3. The predicted molar refractivity (Wildman–Crippen MR) is 251 cm³/mol. The van der Waals surface area contributed by atoms with Crippen LogP contribution in [0.5, 0.6) is 0 Å². The number of aliphatic imine (C=N–C) groups is 1. The number of rotatable bonds is 6. The Bertz CT molecular complexity index is 3540. The van der Waals surface area contributed by atoms with Crippen LogP contribution in [0.15, 0.2) is 214 Å². The smallest absolute Gasteiger partial charge is 0.162 e. The Morgan fingerprint density at radius 3 is 1.89 bits per heavy atom. The first kappa shape index (κ1) is 35.0. The molecule has 12 rings (SSSR count). The van der Waals surface area contributed by atoms with Gasteiger partial charge in [-0.1, -0.05) is 170 Å². The average Bonchev–Trinajstić information content (AvgIpc) is 3.91. The summed E-state index contributed by atoms with van der Waals surface area (Å²) < 4.78 is 13.2. The van der Waals surface area contributed by atoms with Gasteiger partial charge in [0.05, 0.1) is 11.2 Å². The number of nitrogens with zero attached hydrogens (tertiary/aromatic N) is 3. The predicted octanol–water partition coefficient (Wildman–Crippen LogP) is 14.5. The molecule has 8 aromatic carbocycles. The molecule has 5 nitrogen and oxygen atoms in total. The van der Waals surface area contributed by atoms with Crippen LogP contribution >= 0.6 is 0 Å². The molecule has 0 aliphatic carbocycles. The third kappa shape index (κ3) is 5.77. The first-order valence-electron chi connectivity index (χ1n) is 20.6. The number of furan rings is 2. The molecular formula is C56H37N3O2. The van der Waals surface area contributed by atoms with Gasteiger partial charge in [-0.3, -0.25) is 4.99 Å². The molecule has 1 aliphatic heterocycles. The number of allylic oxidation sites excluding steroid dienone is 1. The van der Waals surface area contributed by atoms with Crippen LogP contribution in [0.2, 0.25) is 0 Å². The minimum absolute atomic E-state index is 0.227. The van der Waals surface area contributed by atoms with Crippen molar-refractivity contribution in [2.75, 3.05) is 7.05 Å². The van der Waals surface area contributed by atoms with E-state index in [-0.39, 0.29) is 6.17 Å². The summed E-state index contributed by atoms with van der Waals surface area (Å²) in [5.74, 6) is 0. The van der Waals surface area contributed by atoms with Crippen molar-refractivity contribution < 1.29 is 8.83 Å². The molecule has 1 unspecified atom stereocenters. The summed E-state index contributed by atoms with van der Waals surface area (Å²) in [4.78, 5) is 13.0. The highest BCUT2D eigenvalue weighted by atomic mass is 16.3. The first-order valence-corrected chi connectivity index (χ1v) is 20.6. The fourth-order valence-corrected chi connectivity index (χ4v) is 9.19. The Morgan fingerprint density at radius 2 is 1.07 bits per heavy atom. The maximum absolute atomic E-state index is 6.70. The molecule has 4 heterocycles. The molecule has 1 atom stereocenters. The first-order chi connectivity index (χ1) is 30.2. The second-order valence-corrected chi connectivity index (χ2v) is 15.7. The molecule has 11 aromatic rings. The fourth-order valence-electron chi connectivity index (χ4n) is 9.19. The minimum atomic E-state index is -0.227. The summed E-state index contributed by atoms with van der Waals surface area (Å²) in [6.07, 6.45) is 1.99. The van der Waals surface area contributed by atoms with Crippen LogP contribution in [0.25, 0.3) is 94.0 Å². The van der Waals surface area contributed by atoms with Crippen molar-refractivity contribution in [3.63, 3.8) is 0 Å². The van der Waals surface area contributed by atoms with Crippen LogP contribution in [-0.2, 0) is 0 Å². The van der Waals surface area contributed by atoms with E-state index in [1.807, 2.05) is 24.3 Å². The van der Waals surface area contributed by atoms with Crippen LogP contribution in [0, 0.1) is 0 Å². The molecule has 3 aromatic heterocycles. The summed E-state index contributed by atoms with van der Waals surface area (Å²) in [5, 5.41) is 5.49. The Morgan fingerprint density at radius 1 is 0.459 bits per heavy atom. The molecule has 0 radical (unpaired) electrons. The van der Waals surface area contributed by atoms with Crippen molar-refractivity contribution in [3.8, 4) is 33.5 Å². The largest absolute Gasteiger partial charge is 0.455 e. The van der Waals surface area contributed by atoms with Crippen molar-refractivity contribution >= 4 is 66.2 Å². The van der Waals surface area contributed by atoms with Crippen molar-refractivity contribution in [1.29, 1.82) is 0 Å². The Balaban J connectivity index is 0.975. The van der Waals surface area contributed by atoms with Crippen LogP contribution in [0.1, 0.15) is 22.9 Å². The highest BCUT2D eigenvalue weighted by Crippen LogP contribution is 2.44. The Labute approximate surface area is 352 Å². The molecule has 61 heavy (non-hydrogen) atoms. The summed E-state index contributed by atoms with van der Waals surface area (Å²) in [6, 6.07) is 67.8. The van der Waals surface area contributed by atoms with E-state index in [1.54, 1.807) is 0 Å². The van der Waals surface area contributed by atoms with Crippen molar-refractivity contribution in [1.82, 2.24) is 9.88 Å². The molecular weight excluding hydrogens is 747 g/mol. The SMILES string of the molecule is CN1C(c2ccc(-c3nc4cccc(-c5ccccc5)c4c4c3oc3ccccc34)cc2)=CC(c2cccc(-c3cccc4c3oc3ccccc34)c2)=NC1c1ccccc1. The van der Waals surface area contributed by atoms with Crippen molar-refractivity contribution in [2.45, 2.75) is 6.17 Å². The number of hydrogen-bond acceptors (Lipinski definition) is 5. The molecule has 0 spiro atoms. The number of aromatic nitrogens is 1. The number of benzene rings is 8. The Hall–Kier alpha value is -8.02. The van der Waals surface area contributed by atoms with Gasteiger partial charge < -0.3 is 13.7 Å². The molecule has 0 N–H and O–H groups in total. The highest BCUT2D eigenvalue weighted by molar-refractivity contribution is 6.24. The zero-order chi connectivity index (χ0) is 40.4. The van der Waals surface area contributed by atoms with Crippen molar-refractivity contribution in [3.05, 3.63) is 217 Å². The minimum Gasteiger partial charge on any atom is -0.455 e. The fraction of sp³-hybridized carbons (Fsp3) is 0.0357. The average molecular weight is 784 g/mol. The standard InChI is InChI=1S/C56H37N3O2/c1-59-48(34-47(58-56(59)38-17-6-3-7-18-38)40-20-12-19-39(33-40)42-24-13-25-44-43-21-8-10-27-49(43)60-54(42)44)36-29-31-37(32-30-36)53-55-52(45-22-9-11-28-50(45)61-55)51-41(23-14-26-46(51)57-53)35-15-4-2-5-16-35/h2-34,56H,1H3. The van der Waals surface area contributed by atoms with E-state index in [4.69, 9.17) is 18.8 Å². The van der Waals surface area contributed by atoms with Gasteiger partial charge in [-0.2, -0.15) is 0 Å². The van der Waals surface area contributed by atoms with E-state index >= 15 is 0 Å². The number of hydrogen-bond donors (Lipinski definition) is 0. The van der Waals surface area contributed by atoms with Crippen molar-refractivity contribution in [2.24, 2.45) is 4.99 Å². The summed E-state index contributed by atoms with van der Waals surface area (Å²) in [7, 11) is 2.13. The lowest BCUT2D eigenvalue weighted by Crippen LogP contribution is -2.27. The van der Waals surface area contributed by atoms with E-state index in [2.05, 4.69) is 188 Å². The second-order valence-electron chi connectivity index (χ2n) is 15.7. The van der Waals surface area contributed by atoms with Gasteiger partial charge in [0.25, 0.3) is 0 Å². The van der Waals surface area contributed by atoms with Crippen LogP contribution in [-0.4, -0.2) is 22.6 Å². The third-order valence-electron chi connectivity index (χ3n) is 12.1. The summed E-state index contributed by atoms with van der Waals surface area (Å²) in [6.45, 7) is 0. The van der Waals surface area contributed by atoms with Gasteiger partial charge in [0.15, 0.2) is 5.58 Å². The van der Waals surface area contributed by atoms with Gasteiger partial charge >= 0.3 is 0 Å². The van der Waals surface area contributed by atoms with Gasteiger partial charge in [0.1, 0.15) is 28.6 Å². The van der Waals surface area contributed by atoms with E-state index in [0.717, 1.165) is 116 Å². The van der Waals surface area contributed by atoms with Gasteiger partial charge in [0, 0.05) is 56.4 Å². The number of fused-ring (bicyclic) bond motifs is 8. The third-order valence-corrected chi connectivity index (χ3v) is 12.1. The lowest BCUT2D eigenvalue weighted by molar-refractivity contribution is 0.364.